The van der Waals surface area contributed by atoms with Crippen LogP contribution in [0.25, 0.3) is 11.3 Å². The number of aryl methyl sites for hydroxylation is 1. The van der Waals surface area contributed by atoms with Crippen molar-refractivity contribution in [2.45, 2.75) is 33.4 Å². The minimum absolute atomic E-state index is 0.110. The molecule has 3 rings (SSSR count). The zero-order valence-electron chi connectivity index (χ0n) is 15.8. The second-order valence-electron chi connectivity index (χ2n) is 6.57. The van der Waals surface area contributed by atoms with Crippen LogP contribution in [0.2, 0.25) is 0 Å². The fourth-order valence-electron chi connectivity index (χ4n) is 2.80. The first kappa shape index (κ1) is 18.8. The van der Waals surface area contributed by atoms with Crippen molar-refractivity contribution >= 4 is 5.91 Å². The van der Waals surface area contributed by atoms with Crippen molar-refractivity contribution in [2.24, 2.45) is 0 Å². The van der Waals surface area contributed by atoms with Crippen molar-refractivity contribution in [3.63, 3.8) is 0 Å². The van der Waals surface area contributed by atoms with E-state index in [1.54, 1.807) is 31.5 Å². The zero-order valence-corrected chi connectivity index (χ0v) is 15.8. The van der Waals surface area contributed by atoms with Crippen molar-refractivity contribution in [2.75, 3.05) is 6.54 Å². The second-order valence-corrected chi connectivity index (χ2v) is 6.57. The van der Waals surface area contributed by atoms with E-state index in [-0.39, 0.29) is 5.91 Å². The summed E-state index contributed by atoms with van der Waals surface area (Å²) in [6, 6.07) is 12.8. The van der Waals surface area contributed by atoms with E-state index in [1.807, 2.05) is 42.7 Å². The van der Waals surface area contributed by atoms with Gasteiger partial charge in [0.05, 0.1) is 29.5 Å². The average Bonchev–Trinajstić information content (AvgIpc) is 3.00. The summed E-state index contributed by atoms with van der Waals surface area (Å²) in [5.41, 5.74) is 5.01. The minimum atomic E-state index is -0.613. The highest BCUT2D eigenvalue weighted by molar-refractivity contribution is 5.94. The van der Waals surface area contributed by atoms with E-state index in [4.69, 9.17) is 0 Å². The number of benzene rings is 1. The summed E-state index contributed by atoms with van der Waals surface area (Å²) in [6.45, 7) is 6.90. The summed E-state index contributed by atoms with van der Waals surface area (Å²) >= 11 is 0. The number of carbonyl (C=O) groups is 1. The fourth-order valence-corrected chi connectivity index (χ4v) is 2.80. The molecule has 27 heavy (non-hydrogen) atoms. The van der Waals surface area contributed by atoms with Gasteiger partial charge in [-0.1, -0.05) is 18.2 Å². The molecule has 2 aromatic heterocycles. The van der Waals surface area contributed by atoms with Gasteiger partial charge in [0.2, 0.25) is 0 Å². The third-order valence-corrected chi connectivity index (χ3v) is 4.62. The van der Waals surface area contributed by atoms with E-state index in [2.05, 4.69) is 15.3 Å². The average molecular weight is 364 g/mol. The van der Waals surface area contributed by atoms with Gasteiger partial charge in [0.15, 0.2) is 0 Å². The van der Waals surface area contributed by atoms with Gasteiger partial charge >= 0.3 is 0 Å². The molecule has 1 aromatic carbocycles. The standard InChI is InChI=1S/C21H24N4O2/c1-14-15(2)25(13-23-14)12-11-22-21(27)18-9-7-17(8-10-18)20-6-4-5-19(24-20)16(3)26/h4-10,13,16,26H,11-12H2,1-3H3,(H,22,27)/t16-/m1/s1. The van der Waals surface area contributed by atoms with Gasteiger partial charge < -0.3 is 15.0 Å². The molecule has 6 heteroatoms. The third kappa shape index (κ3) is 4.41. The molecule has 0 unspecified atom stereocenters. The van der Waals surface area contributed by atoms with E-state index >= 15 is 0 Å². The first-order valence-electron chi connectivity index (χ1n) is 8.97. The Labute approximate surface area is 158 Å². The van der Waals surface area contributed by atoms with Crippen LogP contribution in [0.1, 0.15) is 40.5 Å². The third-order valence-electron chi connectivity index (χ3n) is 4.62. The number of pyridine rings is 1. The second kappa shape index (κ2) is 8.14. The molecule has 0 saturated carbocycles. The SMILES string of the molecule is Cc1ncn(CCNC(=O)c2ccc(-c3cccc([C@@H](C)O)n3)cc2)c1C. The predicted octanol–water partition coefficient (Wildman–Crippen LogP) is 3.05. The molecule has 6 nitrogen and oxygen atoms in total. The number of aliphatic hydroxyl groups excluding tert-OH is 1. The van der Waals surface area contributed by atoms with Crippen LogP contribution in [-0.4, -0.2) is 32.1 Å². The summed E-state index contributed by atoms with van der Waals surface area (Å²) < 4.78 is 2.03. The molecule has 0 aliphatic heterocycles. The van der Waals surface area contributed by atoms with Crippen LogP contribution in [0, 0.1) is 13.8 Å². The van der Waals surface area contributed by atoms with Crippen LogP contribution in [0.5, 0.6) is 0 Å². The first-order valence-corrected chi connectivity index (χ1v) is 8.97. The van der Waals surface area contributed by atoms with E-state index in [0.29, 0.717) is 24.3 Å². The maximum absolute atomic E-state index is 12.3. The van der Waals surface area contributed by atoms with Crippen LogP contribution in [0.3, 0.4) is 0 Å². The van der Waals surface area contributed by atoms with Gasteiger partial charge in [-0.05, 0) is 45.0 Å². The molecular weight excluding hydrogens is 340 g/mol. The molecule has 0 saturated heterocycles. The van der Waals surface area contributed by atoms with Gasteiger partial charge in [-0.15, -0.1) is 0 Å². The van der Waals surface area contributed by atoms with Gasteiger partial charge in [-0.2, -0.15) is 0 Å². The minimum Gasteiger partial charge on any atom is -0.387 e. The molecule has 0 bridgehead atoms. The number of amides is 1. The Kier molecular flexibility index (Phi) is 5.66. The normalized spacial score (nSPS) is 12.0. The summed E-state index contributed by atoms with van der Waals surface area (Å²) in [6.07, 6.45) is 1.18. The Hall–Kier alpha value is -2.99. The molecule has 0 aliphatic carbocycles. The number of nitrogens with one attached hydrogen (secondary N) is 1. The fraction of sp³-hybridized carbons (Fsp3) is 0.286. The lowest BCUT2D eigenvalue weighted by Crippen LogP contribution is -2.27. The highest BCUT2D eigenvalue weighted by atomic mass is 16.3. The quantitative estimate of drug-likeness (QED) is 0.704. The maximum atomic E-state index is 12.3. The van der Waals surface area contributed by atoms with Gasteiger partial charge in [0.25, 0.3) is 5.91 Å². The Morgan fingerprint density at radius 2 is 1.93 bits per heavy atom. The molecule has 1 amide bonds. The van der Waals surface area contributed by atoms with Crippen LogP contribution in [-0.2, 0) is 6.54 Å². The number of hydrogen-bond acceptors (Lipinski definition) is 4. The molecule has 0 radical (unpaired) electrons. The highest BCUT2D eigenvalue weighted by Crippen LogP contribution is 2.20. The largest absolute Gasteiger partial charge is 0.387 e. The lowest BCUT2D eigenvalue weighted by molar-refractivity contribution is 0.0952. The number of nitrogens with zero attached hydrogens (tertiary/aromatic N) is 3. The van der Waals surface area contributed by atoms with E-state index < -0.39 is 6.10 Å². The van der Waals surface area contributed by atoms with Crippen molar-refractivity contribution in [3.8, 4) is 11.3 Å². The Bertz CT molecular complexity index is 930. The van der Waals surface area contributed by atoms with Crippen molar-refractivity contribution in [3.05, 3.63) is 71.4 Å². The number of aromatic nitrogens is 3. The molecule has 140 valence electrons. The molecule has 0 aliphatic rings. The predicted molar refractivity (Wildman–Crippen MR) is 104 cm³/mol. The number of aliphatic hydroxyl groups is 1. The summed E-state index contributed by atoms with van der Waals surface area (Å²) in [7, 11) is 0. The molecular formula is C21H24N4O2. The first-order chi connectivity index (χ1) is 13.0. The van der Waals surface area contributed by atoms with Crippen LogP contribution >= 0.6 is 0 Å². The van der Waals surface area contributed by atoms with E-state index in [1.165, 1.54) is 0 Å². The molecule has 0 spiro atoms. The zero-order chi connectivity index (χ0) is 19.4. The Morgan fingerprint density at radius 1 is 1.19 bits per heavy atom. The van der Waals surface area contributed by atoms with Crippen LogP contribution in [0.15, 0.2) is 48.8 Å². The van der Waals surface area contributed by atoms with Gasteiger partial charge in [0.1, 0.15) is 0 Å². The highest BCUT2D eigenvalue weighted by Gasteiger charge is 2.09. The summed E-state index contributed by atoms with van der Waals surface area (Å²) in [5.74, 6) is -0.110. The molecule has 2 N–H and O–H groups in total. The van der Waals surface area contributed by atoms with Gasteiger partial charge in [-0.3, -0.25) is 9.78 Å². The van der Waals surface area contributed by atoms with Crippen molar-refractivity contribution in [1.82, 2.24) is 19.9 Å². The maximum Gasteiger partial charge on any atom is 0.251 e. The number of rotatable bonds is 6. The van der Waals surface area contributed by atoms with Crippen LogP contribution in [0.4, 0.5) is 0 Å². The van der Waals surface area contributed by atoms with E-state index in [0.717, 1.165) is 22.6 Å². The monoisotopic (exact) mass is 364 g/mol. The molecule has 1 atom stereocenters. The molecule has 2 heterocycles. The summed E-state index contributed by atoms with van der Waals surface area (Å²) in [4.78, 5) is 21.0. The Morgan fingerprint density at radius 3 is 2.56 bits per heavy atom. The van der Waals surface area contributed by atoms with Crippen molar-refractivity contribution in [1.29, 1.82) is 0 Å². The number of imidazole rings is 1. The Balaban J connectivity index is 1.62. The van der Waals surface area contributed by atoms with Crippen LogP contribution < -0.4 is 5.32 Å². The lowest BCUT2D eigenvalue weighted by Gasteiger charge is -2.09. The topological polar surface area (TPSA) is 80.0 Å². The van der Waals surface area contributed by atoms with E-state index in [9.17, 15) is 9.90 Å². The summed E-state index contributed by atoms with van der Waals surface area (Å²) in [5, 5.41) is 12.6. The molecule has 3 aromatic rings. The number of carbonyl (C=O) groups excluding carboxylic acids is 1. The van der Waals surface area contributed by atoms with Gasteiger partial charge in [-0.25, -0.2) is 4.98 Å². The van der Waals surface area contributed by atoms with Crippen molar-refractivity contribution < 1.29 is 9.90 Å². The smallest absolute Gasteiger partial charge is 0.251 e. The lowest BCUT2D eigenvalue weighted by atomic mass is 10.1. The number of hydrogen-bond donors (Lipinski definition) is 2. The molecule has 0 fully saturated rings. The van der Waals surface area contributed by atoms with Gasteiger partial charge in [0, 0.05) is 29.9 Å².